The fraction of sp³-hybridized carbons (Fsp3) is 0.533. The molecule has 0 aliphatic heterocycles. The Hall–Kier alpha value is -1.89. The first-order valence-corrected chi connectivity index (χ1v) is 8.40. The quantitative estimate of drug-likeness (QED) is 0.906. The van der Waals surface area contributed by atoms with Gasteiger partial charge in [0.05, 0.1) is 22.9 Å². The van der Waals surface area contributed by atoms with Gasteiger partial charge in [-0.2, -0.15) is 5.10 Å². The lowest BCUT2D eigenvalue weighted by molar-refractivity contribution is 0.239. The number of rotatable bonds is 4. The second kappa shape index (κ2) is 6.48. The van der Waals surface area contributed by atoms with Gasteiger partial charge < -0.3 is 10.6 Å². The predicted octanol–water partition coefficient (Wildman–Crippen LogP) is 2.10. The van der Waals surface area contributed by atoms with Crippen molar-refractivity contribution in [2.75, 3.05) is 6.54 Å². The topological polar surface area (TPSA) is 71.8 Å². The summed E-state index contributed by atoms with van der Waals surface area (Å²) in [6.45, 7) is 3.18. The summed E-state index contributed by atoms with van der Waals surface area (Å²) >= 11 is 1.79. The van der Waals surface area contributed by atoms with Crippen LogP contribution in [0, 0.1) is 6.92 Å². The Morgan fingerprint density at radius 1 is 1.50 bits per heavy atom. The molecule has 0 saturated heterocycles. The first-order valence-electron chi connectivity index (χ1n) is 7.58. The molecule has 118 valence electrons. The van der Waals surface area contributed by atoms with Crippen molar-refractivity contribution in [1.82, 2.24) is 25.4 Å². The number of nitrogens with zero attached hydrogens (tertiary/aromatic N) is 3. The molecule has 3 rings (SSSR count). The van der Waals surface area contributed by atoms with E-state index in [1.54, 1.807) is 22.2 Å². The predicted molar refractivity (Wildman–Crippen MR) is 86.0 cm³/mol. The third kappa shape index (κ3) is 3.30. The van der Waals surface area contributed by atoms with Gasteiger partial charge in [-0.15, -0.1) is 11.3 Å². The molecule has 0 aromatic carbocycles. The van der Waals surface area contributed by atoms with Crippen molar-refractivity contribution in [3.63, 3.8) is 0 Å². The van der Waals surface area contributed by atoms with Crippen LogP contribution in [0.15, 0.2) is 12.3 Å². The van der Waals surface area contributed by atoms with Crippen molar-refractivity contribution in [1.29, 1.82) is 0 Å². The van der Waals surface area contributed by atoms with Crippen LogP contribution in [0.4, 0.5) is 4.79 Å². The Kier molecular flexibility index (Phi) is 4.42. The zero-order valence-electron chi connectivity index (χ0n) is 12.9. The van der Waals surface area contributed by atoms with E-state index >= 15 is 0 Å². The van der Waals surface area contributed by atoms with Crippen LogP contribution in [0.1, 0.15) is 40.0 Å². The van der Waals surface area contributed by atoms with Gasteiger partial charge in [0.25, 0.3) is 0 Å². The molecular weight excluding hydrogens is 298 g/mol. The number of hydrogen-bond donors (Lipinski definition) is 2. The molecule has 0 fully saturated rings. The number of aryl methyl sites for hydroxylation is 3. The first-order chi connectivity index (χ1) is 10.6. The molecule has 1 unspecified atom stereocenters. The van der Waals surface area contributed by atoms with Crippen LogP contribution in [-0.4, -0.2) is 27.3 Å². The van der Waals surface area contributed by atoms with Gasteiger partial charge in [-0.1, -0.05) is 0 Å². The van der Waals surface area contributed by atoms with Gasteiger partial charge in [0, 0.05) is 30.6 Å². The molecule has 2 aromatic rings. The maximum Gasteiger partial charge on any atom is 0.315 e. The molecule has 1 aliphatic carbocycles. The second-order valence-electron chi connectivity index (χ2n) is 5.64. The van der Waals surface area contributed by atoms with Crippen LogP contribution in [0.3, 0.4) is 0 Å². The number of nitrogens with one attached hydrogen (secondary N) is 2. The molecule has 22 heavy (non-hydrogen) atoms. The SMILES string of the molecule is Cc1nc2c(s1)CCCC2CNC(=O)NCc1ccnn1C. The fourth-order valence-corrected chi connectivity index (χ4v) is 3.92. The minimum absolute atomic E-state index is 0.139. The minimum atomic E-state index is -0.139. The van der Waals surface area contributed by atoms with Crippen LogP contribution in [0.2, 0.25) is 0 Å². The van der Waals surface area contributed by atoms with Crippen molar-refractivity contribution in [3.8, 4) is 0 Å². The normalized spacial score (nSPS) is 17.1. The van der Waals surface area contributed by atoms with Gasteiger partial charge in [0.2, 0.25) is 0 Å². The molecular formula is C15H21N5OS. The third-order valence-electron chi connectivity index (χ3n) is 4.04. The zero-order valence-corrected chi connectivity index (χ0v) is 13.7. The summed E-state index contributed by atoms with van der Waals surface area (Å²) in [5, 5.41) is 11.0. The van der Waals surface area contributed by atoms with E-state index in [2.05, 4.69) is 20.7 Å². The van der Waals surface area contributed by atoms with E-state index in [-0.39, 0.29) is 6.03 Å². The van der Waals surface area contributed by atoms with E-state index in [1.807, 2.05) is 20.0 Å². The molecule has 0 saturated carbocycles. The molecule has 1 aliphatic rings. The number of fused-ring (bicyclic) bond motifs is 1. The fourth-order valence-electron chi connectivity index (χ4n) is 2.85. The summed E-state index contributed by atoms with van der Waals surface area (Å²) in [6, 6.07) is 1.76. The van der Waals surface area contributed by atoms with Gasteiger partial charge >= 0.3 is 6.03 Å². The van der Waals surface area contributed by atoms with Crippen molar-refractivity contribution in [2.24, 2.45) is 7.05 Å². The molecule has 2 N–H and O–H groups in total. The molecule has 2 heterocycles. The monoisotopic (exact) mass is 319 g/mol. The number of hydrogen-bond acceptors (Lipinski definition) is 4. The molecule has 2 amide bonds. The number of urea groups is 1. The van der Waals surface area contributed by atoms with Crippen molar-refractivity contribution in [3.05, 3.63) is 33.5 Å². The molecule has 1 atom stereocenters. The smallest absolute Gasteiger partial charge is 0.315 e. The first kappa shape index (κ1) is 15.0. The summed E-state index contributed by atoms with van der Waals surface area (Å²) in [5.41, 5.74) is 2.17. The van der Waals surface area contributed by atoms with E-state index in [0.29, 0.717) is 19.0 Å². The standard InChI is InChI=1S/C15H21N5OS/c1-10-19-14-11(4-3-5-13(14)22-10)8-16-15(21)17-9-12-6-7-18-20(12)2/h6-7,11H,3-5,8-9H2,1-2H3,(H2,16,17,21). The Morgan fingerprint density at radius 3 is 3.14 bits per heavy atom. The largest absolute Gasteiger partial charge is 0.337 e. The highest BCUT2D eigenvalue weighted by Crippen LogP contribution is 2.34. The van der Waals surface area contributed by atoms with E-state index in [0.717, 1.165) is 23.5 Å². The summed E-state index contributed by atoms with van der Waals surface area (Å²) in [5.74, 6) is 0.344. The number of aromatic nitrogens is 3. The average Bonchev–Trinajstić information content (AvgIpc) is 3.07. The highest BCUT2D eigenvalue weighted by Gasteiger charge is 2.24. The van der Waals surface area contributed by atoms with E-state index < -0.39 is 0 Å². The van der Waals surface area contributed by atoms with Gasteiger partial charge in [-0.3, -0.25) is 4.68 Å². The molecule has 7 heteroatoms. The number of amides is 2. The third-order valence-corrected chi connectivity index (χ3v) is 5.09. The summed E-state index contributed by atoms with van der Waals surface area (Å²) in [6.07, 6.45) is 5.13. The molecule has 0 bridgehead atoms. The van der Waals surface area contributed by atoms with Crippen molar-refractivity contribution < 1.29 is 4.79 Å². The number of carbonyl (C=O) groups is 1. The Morgan fingerprint density at radius 2 is 2.36 bits per heavy atom. The average molecular weight is 319 g/mol. The van der Waals surface area contributed by atoms with Crippen molar-refractivity contribution >= 4 is 17.4 Å². The van der Waals surface area contributed by atoms with Crippen LogP contribution < -0.4 is 10.6 Å². The number of carbonyl (C=O) groups excluding carboxylic acids is 1. The molecule has 0 spiro atoms. The van der Waals surface area contributed by atoms with Crippen LogP contribution in [-0.2, 0) is 20.0 Å². The summed E-state index contributed by atoms with van der Waals surface area (Å²) in [4.78, 5) is 18.0. The van der Waals surface area contributed by atoms with E-state index in [9.17, 15) is 4.79 Å². The summed E-state index contributed by atoms with van der Waals surface area (Å²) in [7, 11) is 1.86. The Balaban J connectivity index is 1.50. The molecule has 2 aromatic heterocycles. The second-order valence-corrected chi connectivity index (χ2v) is 6.93. The van der Waals surface area contributed by atoms with E-state index in [1.165, 1.54) is 17.0 Å². The summed E-state index contributed by atoms with van der Waals surface area (Å²) < 4.78 is 1.76. The number of thiazole rings is 1. The maximum absolute atomic E-state index is 11.9. The Labute approximate surface area is 133 Å². The Bertz CT molecular complexity index is 663. The van der Waals surface area contributed by atoms with Crippen LogP contribution in [0.25, 0.3) is 0 Å². The molecule has 0 radical (unpaired) electrons. The zero-order chi connectivity index (χ0) is 15.5. The minimum Gasteiger partial charge on any atom is -0.337 e. The molecule has 6 nitrogen and oxygen atoms in total. The van der Waals surface area contributed by atoms with Gasteiger partial charge in [-0.05, 0) is 32.3 Å². The lowest BCUT2D eigenvalue weighted by atomic mass is 9.91. The van der Waals surface area contributed by atoms with Gasteiger partial charge in [-0.25, -0.2) is 9.78 Å². The van der Waals surface area contributed by atoms with Crippen LogP contribution in [0.5, 0.6) is 0 Å². The lowest BCUT2D eigenvalue weighted by Gasteiger charge is -2.21. The maximum atomic E-state index is 11.9. The lowest BCUT2D eigenvalue weighted by Crippen LogP contribution is -2.38. The van der Waals surface area contributed by atoms with Crippen molar-refractivity contribution in [2.45, 2.75) is 38.6 Å². The van der Waals surface area contributed by atoms with Crippen LogP contribution >= 0.6 is 11.3 Å². The van der Waals surface area contributed by atoms with Gasteiger partial charge in [0.15, 0.2) is 0 Å². The van der Waals surface area contributed by atoms with Gasteiger partial charge in [0.1, 0.15) is 0 Å². The highest BCUT2D eigenvalue weighted by molar-refractivity contribution is 7.11. The van der Waals surface area contributed by atoms with E-state index in [4.69, 9.17) is 0 Å². The highest BCUT2D eigenvalue weighted by atomic mass is 32.1.